The van der Waals surface area contributed by atoms with Crippen LogP contribution in [0.15, 0.2) is 24.4 Å². The fourth-order valence-electron chi connectivity index (χ4n) is 7.55. The Bertz CT molecular complexity index is 1560. The number of carbonyl (C=O) groups excluding carboxylic acids is 3. The first-order valence-electron chi connectivity index (χ1n) is 16.6. The molecule has 3 aliphatic rings. The number of nitrogens with one attached hydrogen (secondary N) is 3. The van der Waals surface area contributed by atoms with Crippen LogP contribution in [0.4, 0.5) is 4.79 Å². The monoisotopic (exact) mass is 617 g/mol. The lowest BCUT2D eigenvalue weighted by Crippen LogP contribution is -2.54. The highest BCUT2D eigenvalue weighted by Crippen LogP contribution is 2.50. The van der Waals surface area contributed by atoms with Crippen molar-refractivity contribution in [1.82, 2.24) is 35.1 Å². The van der Waals surface area contributed by atoms with Crippen molar-refractivity contribution in [2.24, 2.45) is 23.7 Å². The maximum atomic E-state index is 13.8. The highest BCUT2D eigenvalue weighted by molar-refractivity contribution is 5.87. The van der Waals surface area contributed by atoms with Gasteiger partial charge in [-0.05, 0) is 67.6 Å². The predicted molar refractivity (Wildman–Crippen MR) is 170 cm³/mol. The lowest BCUT2D eigenvalue weighted by molar-refractivity contribution is -0.139. The summed E-state index contributed by atoms with van der Waals surface area (Å²) in [6.45, 7) is 10.9. The Morgan fingerprint density at radius 2 is 1.82 bits per heavy atom. The van der Waals surface area contributed by atoms with Gasteiger partial charge in [0.05, 0.1) is 35.9 Å². The highest BCUT2D eigenvalue weighted by Gasteiger charge is 2.51. The van der Waals surface area contributed by atoms with E-state index in [2.05, 4.69) is 47.3 Å². The minimum absolute atomic E-state index is 0.0157. The Morgan fingerprint density at radius 3 is 2.56 bits per heavy atom. The van der Waals surface area contributed by atoms with Gasteiger partial charge in [-0.1, -0.05) is 40.7 Å². The van der Waals surface area contributed by atoms with E-state index in [1.807, 2.05) is 36.8 Å². The van der Waals surface area contributed by atoms with Crippen LogP contribution in [0.2, 0.25) is 0 Å². The van der Waals surface area contributed by atoms with Crippen LogP contribution in [0, 0.1) is 23.7 Å². The average Bonchev–Trinajstić information content (AvgIpc) is 3.85. The molecule has 2 aromatic heterocycles. The van der Waals surface area contributed by atoms with E-state index < -0.39 is 12.1 Å². The lowest BCUT2D eigenvalue weighted by atomic mass is 9.95. The molecule has 3 fully saturated rings. The molecule has 0 spiro atoms. The molecule has 11 heteroatoms. The summed E-state index contributed by atoms with van der Waals surface area (Å²) in [5.41, 5.74) is 3.84. The third-order valence-electron chi connectivity index (χ3n) is 10.4. The van der Waals surface area contributed by atoms with Gasteiger partial charge in [-0.15, -0.1) is 0 Å². The third kappa shape index (κ3) is 5.93. The summed E-state index contributed by atoms with van der Waals surface area (Å²) >= 11 is 0. The average molecular weight is 618 g/mol. The molecule has 3 amide bonds. The lowest BCUT2D eigenvalue weighted by Gasteiger charge is -2.37. The Kier molecular flexibility index (Phi) is 8.63. The molecule has 3 aromatic rings. The summed E-state index contributed by atoms with van der Waals surface area (Å²) in [6.07, 6.45) is 6.85. The number of hydrogen-bond acceptors (Lipinski definition) is 6. The normalized spacial score (nSPS) is 24.2. The van der Waals surface area contributed by atoms with Crippen molar-refractivity contribution in [1.29, 1.82) is 0 Å². The number of alkyl carbamates (subject to hydrolysis) is 1. The molecule has 1 saturated carbocycles. The van der Waals surface area contributed by atoms with Gasteiger partial charge in [-0.2, -0.15) is 0 Å². The Labute approximate surface area is 264 Å². The third-order valence-corrected chi connectivity index (χ3v) is 10.4. The van der Waals surface area contributed by atoms with Crippen LogP contribution in [-0.4, -0.2) is 73.4 Å². The highest BCUT2D eigenvalue weighted by atomic mass is 16.5. The molecule has 1 aliphatic carbocycles. The van der Waals surface area contributed by atoms with Gasteiger partial charge >= 0.3 is 6.09 Å². The second kappa shape index (κ2) is 12.5. The molecule has 11 nitrogen and oxygen atoms in total. The van der Waals surface area contributed by atoms with Crippen molar-refractivity contribution in [3.05, 3.63) is 47.3 Å². The number of ether oxygens (including phenoxy) is 1. The van der Waals surface area contributed by atoms with Gasteiger partial charge in [0, 0.05) is 31.1 Å². The first-order chi connectivity index (χ1) is 21.5. The quantitative estimate of drug-likeness (QED) is 0.300. The molecule has 0 radical (unpaired) electrons. The Hall–Kier alpha value is -3.89. The molecule has 0 unspecified atom stereocenters. The molecule has 2 aliphatic heterocycles. The summed E-state index contributed by atoms with van der Waals surface area (Å²) in [4.78, 5) is 59.9. The van der Waals surface area contributed by atoms with Crippen LogP contribution in [-0.2, 0) is 20.7 Å². The second-order valence-electron chi connectivity index (χ2n) is 13.9. The molecule has 6 atom stereocenters. The zero-order chi connectivity index (χ0) is 32.0. The van der Waals surface area contributed by atoms with Crippen LogP contribution in [0.5, 0.6) is 0 Å². The van der Waals surface area contributed by atoms with E-state index >= 15 is 0 Å². The molecule has 4 heterocycles. The number of nitrogens with zero attached hydrogens (tertiary/aromatic N) is 4. The van der Waals surface area contributed by atoms with E-state index in [1.165, 1.54) is 7.11 Å². The molecule has 6 rings (SSSR count). The van der Waals surface area contributed by atoms with Crippen molar-refractivity contribution < 1.29 is 19.1 Å². The van der Waals surface area contributed by atoms with E-state index in [0.717, 1.165) is 72.6 Å². The number of H-pyrrole nitrogens is 2. The van der Waals surface area contributed by atoms with Crippen LogP contribution in [0.3, 0.4) is 0 Å². The molecule has 2 bridgehead atoms. The number of likely N-dealkylation sites (tertiary alicyclic amines) is 2. The molecule has 3 N–H and O–H groups in total. The molecule has 1 aromatic carbocycles. The smallest absolute Gasteiger partial charge is 0.407 e. The van der Waals surface area contributed by atoms with Gasteiger partial charge in [0.25, 0.3) is 0 Å². The van der Waals surface area contributed by atoms with Crippen LogP contribution in [0.25, 0.3) is 11.0 Å². The summed E-state index contributed by atoms with van der Waals surface area (Å²) < 4.78 is 4.80. The fraction of sp³-hybridized carbons (Fsp3) is 0.618. The molecule has 2 saturated heterocycles. The van der Waals surface area contributed by atoms with E-state index in [-0.39, 0.29) is 41.8 Å². The maximum absolute atomic E-state index is 13.8. The van der Waals surface area contributed by atoms with Crippen LogP contribution < -0.4 is 5.32 Å². The van der Waals surface area contributed by atoms with E-state index in [1.54, 1.807) is 0 Å². The summed E-state index contributed by atoms with van der Waals surface area (Å²) in [6, 6.07) is 5.58. The SMILES string of the molecule is COC(=O)N[C@H](C(=O)N1[C@@H]2CC[C@@H](C2)[C@H]1c1nc(Cc2ccc3[nH]c([C@@H]4CCCN4C(=O)[C@@H](C)C(C)C)nc3c2)c[nH]1)C(C)C. The number of fused-ring (bicyclic) bond motifs is 3. The number of piperidine rings is 1. The number of methoxy groups -OCH3 is 1. The Morgan fingerprint density at radius 1 is 1.02 bits per heavy atom. The van der Waals surface area contributed by atoms with Gasteiger partial charge < -0.3 is 29.8 Å². The number of hydrogen-bond donors (Lipinski definition) is 3. The van der Waals surface area contributed by atoms with Crippen molar-refractivity contribution >= 4 is 28.9 Å². The van der Waals surface area contributed by atoms with E-state index in [0.29, 0.717) is 18.3 Å². The van der Waals surface area contributed by atoms with Gasteiger partial charge in [0.2, 0.25) is 11.8 Å². The number of rotatable bonds is 9. The fourth-order valence-corrected chi connectivity index (χ4v) is 7.55. The number of amides is 3. The number of aromatic amines is 2. The molecule has 45 heavy (non-hydrogen) atoms. The first kappa shape index (κ1) is 31.1. The number of carbonyl (C=O) groups is 3. The second-order valence-corrected chi connectivity index (χ2v) is 13.9. The summed E-state index contributed by atoms with van der Waals surface area (Å²) in [5.74, 6) is 2.33. The van der Waals surface area contributed by atoms with Crippen LogP contribution in [0.1, 0.15) is 102 Å². The van der Waals surface area contributed by atoms with Gasteiger partial charge in [0.15, 0.2) is 0 Å². The molecular weight excluding hydrogens is 570 g/mol. The van der Waals surface area contributed by atoms with E-state index in [4.69, 9.17) is 14.7 Å². The zero-order valence-electron chi connectivity index (χ0n) is 27.3. The first-order valence-corrected chi connectivity index (χ1v) is 16.6. The predicted octanol–water partition coefficient (Wildman–Crippen LogP) is 5.27. The summed E-state index contributed by atoms with van der Waals surface area (Å²) in [7, 11) is 1.31. The number of imidazole rings is 2. The van der Waals surface area contributed by atoms with Crippen LogP contribution >= 0.6 is 0 Å². The molecule has 242 valence electrons. The zero-order valence-corrected chi connectivity index (χ0v) is 27.3. The molecular formula is C34H47N7O4. The largest absolute Gasteiger partial charge is 0.453 e. The standard InChI is InChI=1S/C34H47N7O4/c1-18(2)20(5)32(42)40-13-7-8-27(40)30-37-25-12-9-21(15-26(25)38-30)14-23-17-35-31(36-23)29-22-10-11-24(16-22)41(29)33(43)28(19(3)4)39-34(44)45-6/h9,12,15,17-20,22,24,27-29H,7-8,10-11,13-14,16H2,1-6H3,(H,35,36)(H,37,38)(H,39,44)/t20-,22-,24+,27-,28-,29-/m0/s1. The van der Waals surface area contributed by atoms with Crippen molar-refractivity contribution in [3.8, 4) is 0 Å². The van der Waals surface area contributed by atoms with E-state index in [9.17, 15) is 14.4 Å². The van der Waals surface area contributed by atoms with Gasteiger partial charge in [0.1, 0.15) is 17.7 Å². The minimum Gasteiger partial charge on any atom is -0.453 e. The van der Waals surface area contributed by atoms with Gasteiger partial charge in [-0.25, -0.2) is 14.8 Å². The topological polar surface area (TPSA) is 136 Å². The van der Waals surface area contributed by atoms with Crippen molar-refractivity contribution in [2.45, 2.75) is 97.3 Å². The Balaban J connectivity index is 1.18. The van der Waals surface area contributed by atoms with Gasteiger partial charge in [-0.3, -0.25) is 9.59 Å². The minimum atomic E-state index is -0.660. The number of benzene rings is 1. The maximum Gasteiger partial charge on any atom is 0.407 e. The van der Waals surface area contributed by atoms with Crippen molar-refractivity contribution in [3.63, 3.8) is 0 Å². The van der Waals surface area contributed by atoms with Crippen molar-refractivity contribution in [2.75, 3.05) is 13.7 Å². The number of aromatic nitrogens is 4. The summed E-state index contributed by atoms with van der Waals surface area (Å²) in [5, 5.41) is 2.75.